The second-order valence-electron chi connectivity index (χ2n) is 37.5. The summed E-state index contributed by atoms with van der Waals surface area (Å²) in [7, 11) is -3.53. The first-order valence-electron chi connectivity index (χ1n) is 40.2. The number of aliphatic hydroxyl groups is 1. The Morgan fingerprint density at radius 1 is 0.519 bits per heavy atom. The summed E-state index contributed by atoms with van der Waals surface area (Å²) in [5.74, 6) is 1.09. The number of carbonyl (C=O) groups excluding carboxylic acids is 9. The molecule has 108 heavy (non-hydrogen) atoms. The average Bonchev–Trinajstić information content (AvgIpc) is 1.19. The van der Waals surface area contributed by atoms with E-state index in [1.807, 2.05) is 69.2 Å². The number of hydrogen-bond acceptors (Lipinski definition) is 22. The third-order valence-corrected chi connectivity index (χ3v) is 28.2. The van der Waals surface area contributed by atoms with E-state index in [1.54, 1.807) is 48.5 Å². The van der Waals surface area contributed by atoms with Crippen LogP contribution in [0.25, 0.3) is 0 Å². The van der Waals surface area contributed by atoms with Crippen molar-refractivity contribution in [1.82, 2.24) is 0 Å². The normalized spacial score (nSPS) is 31.2. The highest BCUT2D eigenvalue weighted by Gasteiger charge is 2.66. The molecule has 0 aromatic heterocycles. The maximum Gasteiger partial charge on any atom is 0.422 e. The summed E-state index contributed by atoms with van der Waals surface area (Å²) in [6.45, 7) is 37.9. The van der Waals surface area contributed by atoms with Crippen LogP contribution in [0.4, 0.5) is 13.2 Å². The third kappa shape index (κ3) is 22.9. The Morgan fingerprint density at radius 3 is 1.38 bits per heavy atom. The summed E-state index contributed by atoms with van der Waals surface area (Å²) in [6, 6.07) is 0. The van der Waals surface area contributed by atoms with Crippen molar-refractivity contribution in [3.8, 4) is 0 Å². The molecule has 11 aliphatic carbocycles. The molecule has 13 rings (SSSR count). The number of cyclic esters (lactones) is 1. The zero-order valence-corrected chi connectivity index (χ0v) is 69.6. The molecule has 8 unspecified atom stereocenters. The average molecular weight is 1560 g/mol. The van der Waals surface area contributed by atoms with Gasteiger partial charge in [-0.2, -0.15) is 21.6 Å². The molecular formula is C82H133F3O22S. The molecule has 2 heterocycles. The van der Waals surface area contributed by atoms with E-state index in [9.17, 15) is 69.8 Å². The second-order valence-corrected chi connectivity index (χ2v) is 39.2. The van der Waals surface area contributed by atoms with Gasteiger partial charge in [0, 0.05) is 18.3 Å². The van der Waals surface area contributed by atoms with Gasteiger partial charge < -0.3 is 47.7 Å². The molecule has 0 amide bonds. The Morgan fingerprint density at radius 2 is 0.954 bits per heavy atom. The van der Waals surface area contributed by atoms with E-state index >= 15 is 0 Å². The largest absolute Gasteiger partial charge is 0.463 e. The lowest BCUT2D eigenvalue weighted by atomic mass is 9.47. The van der Waals surface area contributed by atoms with Crippen LogP contribution in [0.3, 0.4) is 0 Å². The smallest absolute Gasteiger partial charge is 0.422 e. The van der Waals surface area contributed by atoms with Gasteiger partial charge in [-0.05, 0) is 279 Å². The van der Waals surface area contributed by atoms with E-state index in [4.69, 9.17) is 37.3 Å². The lowest BCUT2D eigenvalue weighted by Gasteiger charge is -2.62. The summed E-state index contributed by atoms with van der Waals surface area (Å²) >= 11 is 0. The minimum Gasteiger partial charge on any atom is -0.463 e. The fourth-order valence-electron chi connectivity index (χ4n) is 17.3. The van der Waals surface area contributed by atoms with E-state index < -0.39 is 111 Å². The number of rotatable bonds is 23. The first kappa shape index (κ1) is 91.8. The number of ether oxygens (including phenoxy) is 9. The van der Waals surface area contributed by atoms with Crippen LogP contribution in [0.15, 0.2) is 0 Å². The van der Waals surface area contributed by atoms with Crippen LogP contribution in [0.2, 0.25) is 0 Å². The number of halogens is 3. The van der Waals surface area contributed by atoms with Gasteiger partial charge in [-0.3, -0.25) is 33.0 Å². The highest BCUT2D eigenvalue weighted by molar-refractivity contribution is 7.87. The predicted octanol–water partition coefficient (Wildman–Crippen LogP) is 15.4. The highest BCUT2D eigenvalue weighted by Crippen LogP contribution is 2.63. The fourth-order valence-corrected chi connectivity index (χ4v) is 19.1. The number of alkyl halides is 3. The monoisotopic (exact) mass is 1560 g/mol. The third-order valence-electron chi connectivity index (χ3n) is 26.5. The molecule has 2 aliphatic heterocycles. The van der Waals surface area contributed by atoms with Crippen molar-refractivity contribution in [2.45, 2.75) is 346 Å². The van der Waals surface area contributed by atoms with Crippen LogP contribution < -0.4 is 0 Å². The van der Waals surface area contributed by atoms with Gasteiger partial charge in [0.15, 0.2) is 19.8 Å². The summed E-state index contributed by atoms with van der Waals surface area (Å²) in [6.07, 6.45) is 15.6. The molecule has 13 fully saturated rings. The van der Waals surface area contributed by atoms with Crippen molar-refractivity contribution in [1.29, 1.82) is 0 Å². The summed E-state index contributed by atoms with van der Waals surface area (Å²) in [5, 5.41) is 10.1. The quantitative estimate of drug-likeness (QED) is 0.0564. The van der Waals surface area contributed by atoms with Crippen LogP contribution in [-0.2, 0) is 100 Å². The van der Waals surface area contributed by atoms with Gasteiger partial charge in [0.1, 0.15) is 29.5 Å². The van der Waals surface area contributed by atoms with E-state index in [-0.39, 0.29) is 69.3 Å². The molecule has 1 N–H and O–H groups in total. The first-order valence-corrected chi connectivity index (χ1v) is 41.7. The second kappa shape index (κ2) is 35.9. The Hall–Kier alpha value is -5.11. The van der Waals surface area contributed by atoms with Gasteiger partial charge in [-0.1, -0.05) is 55.4 Å². The molecule has 0 aromatic carbocycles. The number of carbonyl (C=O) groups is 9. The summed E-state index contributed by atoms with van der Waals surface area (Å²) in [4.78, 5) is 105. The SMILES string of the molecule is CCC(C)(C)C(=O)OC1(C(C)C)C2CC3CC(C2)CC1C3.CCC(C)(C)C(=O)OC1(C)CCCC1.CCC(C)(C)C(=O)OC1C2CC3CC1CC(O)(C3)C2.CCC(C)(C)C(=O)OC1CCOC1=O.CCC(C)(C)C(=O)OCC(=O)OC1C2CC3C1OS(=O)(=O)C3C2.CCC(C)(C)C(=O)OCC(=O)OCC(F)(F)F. The van der Waals surface area contributed by atoms with Gasteiger partial charge in [0.2, 0.25) is 6.10 Å². The van der Waals surface area contributed by atoms with Crippen LogP contribution in [0.1, 0.15) is 293 Å². The van der Waals surface area contributed by atoms with Crippen molar-refractivity contribution in [2.75, 3.05) is 26.4 Å². The van der Waals surface area contributed by atoms with Gasteiger partial charge in [0.25, 0.3) is 10.1 Å². The summed E-state index contributed by atoms with van der Waals surface area (Å²) < 4.78 is 110. The van der Waals surface area contributed by atoms with Crippen molar-refractivity contribution in [3.63, 3.8) is 0 Å². The molecule has 0 spiro atoms. The van der Waals surface area contributed by atoms with E-state index in [1.165, 1.54) is 44.9 Å². The van der Waals surface area contributed by atoms with Gasteiger partial charge in [0.05, 0.1) is 49.9 Å². The molecule has 2 saturated heterocycles. The number of fused-ring (bicyclic) bond motifs is 1. The molecule has 10 bridgehead atoms. The minimum absolute atomic E-state index is 0.0130. The zero-order chi connectivity index (χ0) is 81.5. The molecule has 11 saturated carbocycles. The lowest BCUT2D eigenvalue weighted by Crippen LogP contribution is -2.63. The first-order chi connectivity index (χ1) is 49.7. The van der Waals surface area contributed by atoms with E-state index in [0.29, 0.717) is 80.6 Å². The molecular weight excluding hydrogens is 1430 g/mol. The number of hydrogen-bond donors (Lipinski definition) is 1. The van der Waals surface area contributed by atoms with Crippen LogP contribution >= 0.6 is 0 Å². The minimum atomic E-state index is -4.58. The van der Waals surface area contributed by atoms with Crippen LogP contribution in [-0.4, -0.2) is 146 Å². The Kier molecular flexibility index (Phi) is 30.5. The molecule has 22 nitrogen and oxygen atoms in total. The van der Waals surface area contributed by atoms with Crippen LogP contribution in [0.5, 0.6) is 0 Å². The molecule has 0 aromatic rings. The predicted molar refractivity (Wildman–Crippen MR) is 395 cm³/mol. The van der Waals surface area contributed by atoms with Gasteiger partial charge in [-0.25, -0.2) is 14.4 Å². The Labute approximate surface area is 641 Å². The van der Waals surface area contributed by atoms with Crippen molar-refractivity contribution in [2.24, 2.45) is 91.7 Å². The Balaban J connectivity index is 0.000000205. The molecule has 26 heteroatoms. The standard InChI is InChI=1S/C19H32O2.C16H26O3.C15H22O7S.C12H22O2.C10H15F3O4.C10H16O4/c1-6-18(4,5)17(20)21-19(12(2)3)15-8-13-7-14(10-15)11-16(19)9-13;1-4-15(2,3)14(17)19-13-11-5-10-6-12(13)9-16(18,7-10)8-11;1-4-15(2,3)14(17)20-7-11(16)21-12-8-5-9-10(6-8)23(18,19)22-13(9)12;1-5-11(2,3)10(13)14-12(4)8-6-7-9-12;1-4-9(2,3)8(15)16-5-7(14)17-6-10(11,12)13;1-4-10(2,3)9(12)14-7-5-6-13-8(7)11/h12-16H,6-11H2,1-5H3;10-13,18H,4-9H2,1-3H3;8-10,12-13H,4-7H2,1-3H3;5-9H2,1-4H3;4-6H2,1-3H3;7H,4-6H2,1-3H3. The maximum atomic E-state index is 12.8. The Bertz CT molecular complexity index is 3210. The molecule has 13 aliphatic rings. The van der Waals surface area contributed by atoms with E-state index in [2.05, 4.69) is 37.2 Å². The van der Waals surface area contributed by atoms with Gasteiger partial charge >= 0.3 is 59.9 Å². The summed E-state index contributed by atoms with van der Waals surface area (Å²) in [5.41, 5.74) is -3.80. The zero-order valence-electron chi connectivity index (χ0n) is 68.8. The topological polar surface area (TPSA) is 300 Å². The molecule has 8 atom stereocenters. The van der Waals surface area contributed by atoms with Crippen molar-refractivity contribution >= 4 is 63.8 Å². The van der Waals surface area contributed by atoms with Crippen molar-refractivity contribution < 1.29 is 117 Å². The van der Waals surface area contributed by atoms with Gasteiger partial charge in [-0.15, -0.1) is 0 Å². The maximum absolute atomic E-state index is 12.8. The van der Waals surface area contributed by atoms with Crippen LogP contribution in [0, 0.1) is 91.7 Å². The lowest BCUT2D eigenvalue weighted by molar-refractivity contribution is -0.231. The molecule has 620 valence electrons. The highest BCUT2D eigenvalue weighted by atomic mass is 32.2. The number of esters is 9. The van der Waals surface area contributed by atoms with E-state index in [0.717, 1.165) is 76.0 Å². The fraction of sp³-hybridized carbons (Fsp3) is 0.890. The van der Waals surface area contributed by atoms with Crippen molar-refractivity contribution in [3.05, 3.63) is 0 Å². The molecule has 0 radical (unpaired) electrons.